The van der Waals surface area contributed by atoms with Gasteiger partial charge < -0.3 is 25.0 Å². The molecular weight excluding hydrogens is 366 g/mol. The van der Waals surface area contributed by atoms with Gasteiger partial charge in [0.15, 0.2) is 5.96 Å². The number of nitrogens with zero attached hydrogens (tertiary/aromatic N) is 3. The fourth-order valence-corrected chi connectivity index (χ4v) is 3.24. The number of benzene rings is 1. The van der Waals surface area contributed by atoms with Crippen molar-refractivity contribution in [1.29, 1.82) is 0 Å². The average molecular weight is 398 g/mol. The summed E-state index contributed by atoms with van der Waals surface area (Å²) in [7, 11) is 1.68. The molecule has 1 unspecified atom stereocenters. The van der Waals surface area contributed by atoms with Crippen molar-refractivity contribution in [3.8, 4) is 5.75 Å². The quantitative estimate of drug-likeness (QED) is 0.553. The molecule has 7 nitrogen and oxygen atoms in total. The number of nitrogens with one attached hydrogen (secondary N) is 2. The summed E-state index contributed by atoms with van der Waals surface area (Å²) in [4.78, 5) is 11.5. The van der Waals surface area contributed by atoms with Gasteiger partial charge in [0, 0.05) is 32.4 Å². The summed E-state index contributed by atoms with van der Waals surface area (Å²) in [6.07, 6.45) is 2.10. The normalized spacial score (nSPS) is 17.1. The molecule has 0 bridgehead atoms. The Labute approximate surface area is 173 Å². The largest absolute Gasteiger partial charge is 0.497 e. The van der Waals surface area contributed by atoms with Crippen LogP contribution in [0, 0.1) is 0 Å². The van der Waals surface area contributed by atoms with E-state index < -0.39 is 0 Å². The van der Waals surface area contributed by atoms with E-state index in [-0.39, 0.29) is 6.10 Å². The van der Waals surface area contributed by atoms with Crippen LogP contribution in [0.2, 0.25) is 0 Å². The van der Waals surface area contributed by atoms with E-state index >= 15 is 0 Å². The Hall–Kier alpha value is -2.80. The van der Waals surface area contributed by atoms with E-state index in [2.05, 4.69) is 40.4 Å². The molecule has 2 N–H and O–H groups in total. The molecule has 156 valence electrons. The lowest BCUT2D eigenvalue weighted by molar-refractivity contribution is 0.0529. The van der Waals surface area contributed by atoms with Crippen molar-refractivity contribution < 1.29 is 9.47 Å². The van der Waals surface area contributed by atoms with Gasteiger partial charge in [-0.05, 0) is 49.2 Å². The summed E-state index contributed by atoms with van der Waals surface area (Å²) in [6, 6.07) is 12.1. The zero-order chi connectivity index (χ0) is 20.5. The highest BCUT2D eigenvalue weighted by Crippen LogP contribution is 2.16. The number of aliphatic imine (C=N–C) groups is 1. The number of aromatic nitrogens is 1. The molecule has 2 heterocycles. The molecule has 1 saturated heterocycles. The molecular formula is C22H31N5O2. The molecule has 2 aromatic rings. The third-order valence-corrected chi connectivity index (χ3v) is 4.73. The summed E-state index contributed by atoms with van der Waals surface area (Å²) in [6.45, 7) is 8.71. The van der Waals surface area contributed by atoms with Crippen LogP contribution in [0.1, 0.15) is 25.0 Å². The van der Waals surface area contributed by atoms with E-state index in [1.807, 2.05) is 36.5 Å². The lowest BCUT2D eigenvalue weighted by Crippen LogP contribution is -2.41. The van der Waals surface area contributed by atoms with E-state index in [0.717, 1.165) is 49.3 Å². The van der Waals surface area contributed by atoms with Crippen molar-refractivity contribution >= 4 is 11.8 Å². The third-order valence-electron chi connectivity index (χ3n) is 4.73. The van der Waals surface area contributed by atoms with Gasteiger partial charge in [-0.25, -0.2) is 9.98 Å². The van der Waals surface area contributed by atoms with Crippen molar-refractivity contribution in [1.82, 2.24) is 15.6 Å². The van der Waals surface area contributed by atoms with E-state index in [4.69, 9.17) is 14.5 Å². The van der Waals surface area contributed by atoms with Crippen LogP contribution in [0.15, 0.2) is 47.6 Å². The fraction of sp³-hybridized carbons (Fsp3) is 0.455. The second-order valence-corrected chi connectivity index (χ2v) is 7.05. The first-order valence-electron chi connectivity index (χ1n) is 10.1. The monoisotopic (exact) mass is 397 g/mol. The summed E-state index contributed by atoms with van der Waals surface area (Å²) in [5.74, 6) is 2.63. The smallest absolute Gasteiger partial charge is 0.191 e. The zero-order valence-corrected chi connectivity index (χ0v) is 17.5. The van der Waals surface area contributed by atoms with Gasteiger partial charge in [-0.15, -0.1) is 0 Å². The molecule has 0 saturated carbocycles. The van der Waals surface area contributed by atoms with Crippen molar-refractivity contribution in [2.75, 3.05) is 38.3 Å². The molecule has 1 aliphatic rings. The highest BCUT2D eigenvalue weighted by atomic mass is 16.5. The van der Waals surface area contributed by atoms with Gasteiger partial charge in [0.05, 0.1) is 26.4 Å². The number of hydrogen-bond donors (Lipinski definition) is 2. The van der Waals surface area contributed by atoms with Gasteiger partial charge >= 0.3 is 0 Å². The van der Waals surface area contributed by atoms with E-state index in [0.29, 0.717) is 13.1 Å². The van der Waals surface area contributed by atoms with Gasteiger partial charge in [0.25, 0.3) is 0 Å². The van der Waals surface area contributed by atoms with Gasteiger partial charge in [-0.1, -0.05) is 12.1 Å². The number of ether oxygens (including phenoxy) is 2. The minimum absolute atomic E-state index is 0.233. The van der Waals surface area contributed by atoms with Crippen LogP contribution in [-0.4, -0.2) is 50.4 Å². The summed E-state index contributed by atoms with van der Waals surface area (Å²) in [5, 5.41) is 6.71. The SMILES string of the molecule is CCNC(=NCc1cccc(OC)c1)NCc1ccnc(N2CCOC(C)C2)c1. The van der Waals surface area contributed by atoms with Crippen LogP contribution in [0.3, 0.4) is 0 Å². The van der Waals surface area contributed by atoms with Gasteiger partial charge in [-0.2, -0.15) is 0 Å². The molecule has 1 aliphatic heterocycles. The maximum absolute atomic E-state index is 5.63. The second kappa shape index (κ2) is 10.7. The summed E-state index contributed by atoms with van der Waals surface area (Å²) < 4.78 is 10.9. The number of rotatable bonds is 7. The number of pyridine rings is 1. The Morgan fingerprint density at radius 3 is 2.97 bits per heavy atom. The predicted molar refractivity (Wildman–Crippen MR) is 117 cm³/mol. The maximum Gasteiger partial charge on any atom is 0.191 e. The average Bonchev–Trinajstić information content (AvgIpc) is 2.76. The Kier molecular flexibility index (Phi) is 7.69. The number of hydrogen-bond acceptors (Lipinski definition) is 5. The third kappa shape index (κ3) is 6.35. The lowest BCUT2D eigenvalue weighted by atomic mass is 10.2. The Bertz CT molecular complexity index is 811. The standard InChI is InChI=1S/C22H31N5O2/c1-4-23-22(25-14-18-6-5-7-20(12-18)28-3)26-15-19-8-9-24-21(13-19)27-10-11-29-17(2)16-27/h5-9,12-13,17H,4,10-11,14-16H2,1-3H3,(H2,23,25,26). The van der Waals surface area contributed by atoms with Crippen LogP contribution >= 0.6 is 0 Å². The number of morpholine rings is 1. The van der Waals surface area contributed by atoms with E-state index in [1.54, 1.807) is 7.11 Å². The maximum atomic E-state index is 5.63. The first kappa shape index (κ1) is 20.9. The number of anilines is 1. The summed E-state index contributed by atoms with van der Waals surface area (Å²) in [5.41, 5.74) is 2.27. The first-order valence-corrected chi connectivity index (χ1v) is 10.1. The topological polar surface area (TPSA) is 71.0 Å². The van der Waals surface area contributed by atoms with Crippen LogP contribution in [0.4, 0.5) is 5.82 Å². The van der Waals surface area contributed by atoms with E-state index in [1.165, 1.54) is 5.56 Å². The predicted octanol–water partition coefficient (Wildman–Crippen LogP) is 2.57. The van der Waals surface area contributed by atoms with Gasteiger partial charge in [0.1, 0.15) is 11.6 Å². The molecule has 0 spiro atoms. The Balaban J connectivity index is 1.61. The molecule has 1 fully saturated rings. The highest BCUT2D eigenvalue weighted by molar-refractivity contribution is 5.79. The van der Waals surface area contributed by atoms with Crippen LogP contribution in [0.25, 0.3) is 0 Å². The molecule has 3 rings (SSSR count). The van der Waals surface area contributed by atoms with Crippen LogP contribution in [-0.2, 0) is 17.8 Å². The first-order chi connectivity index (χ1) is 14.2. The highest BCUT2D eigenvalue weighted by Gasteiger charge is 2.18. The zero-order valence-electron chi connectivity index (χ0n) is 17.5. The van der Waals surface area contributed by atoms with E-state index in [9.17, 15) is 0 Å². The van der Waals surface area contributed by atoms with Crippen molar-refractivity contribution in [3.63, 3.8) is 0 Å². The number of methoxy groups -OCH3 is 1. The molecule has 7 heteroatoms. The molecule has 1 aromatic heterocycles. The van der Waals surface area contributed by atoms with Crippen molar-refractivity contribution in [2.45, 2.75) is 33.0 Å². The Morgan fingerprint density at radius 2 is 2.17 bits per heavy atom. The molecule has 0 radical (unpaired) electrons. The number of guanidine groups is 1. The minimum atomic E-state index is 0.233. The van der Waals surface area contributed by atoms with Crippen molar-refractivity contribution in [3.05, 3.63) is 53.7 Å². The molecule has 29 heavy (non-hydrogen) atoms. The molecule has 0 aliphatic carbocycles. The van der Waals surface area contributed by atoms with Crippen LogP contribution < -0.4 is 20.3 Å². The van der Waals surface area contributed by atoms with Gasteiger partial charge in [0.2, 0.25) is 0 Å². The minimum Gasteiger partial charge on any atom is -0.497 e. The fourth-order valence-electron chi connectivity index (χ4n) is 3.24. The second-order valence-electron chi connectivity index (χ2n) is 7.05. The molecule has 1 atom stereocenters. The molecule has 0 amide bonds. The lowest BCUT2D eigenvalue weighted by Gasteiger charge is -2.32. The van der Waals surface area contributed by atoms with Crippen LogP contribution in [0.5, 0.6) is 5.75 Å². The van der Waals surface area contributed by atoms with Crippen molar-refractivity contribution in [2.24, 2.45) is 4.99 Å². The Morgan fingerprint density at radius 1 is 1.28 bits per heavy atom. The molecule has 1 aromatic carbocycles. The van der Waals surface area contributed by atoms with Gasteiger partial charge in [-0.3, -0.25) is 0 Å². The summed E-state index contributed by atoms with van der Waals surface area (Å²) >= 11 is 0.